The molecule has 0 bridgehead atoms. The lowest BCUT2D eigenvalue weighted by molar-refractivity contribution is -0.142. The highest BCUT2D eigenvalue weighted by atomic mass is 16.5. The van der Waals surface area contributed by atoms with Crippen molar-refractivity contribution in [3.63, 3.8) is 0 Å². The summed E-state index contributed by atoms with van der Waals surface area (Å²) in [5.74, 6) is -0.0958. The van der Waals surface area contributed by atoms with Gasteiger partial charge in [0.2, 0.25) is 0 Å². The van der Waals surface area contributed by atoms with E-state index in [9.17, 15) is 4.79 Å². The summed E-state index contributed by atoms with van der Waals surface area (Å²) in [6.07, 6.45) is 5.84. The van der Waals surface area contributed by atoms with Gasteiger partial charge in [0.25, 0.3) is 0 Å². The van der Waals surface area contributed by atoms with Gasteiger partial charge >= 0.3 is 5.97 Å². The minimum atomic E-state index is -0.0958. The highest BCUT2D eigenvalue weighted by molar-refractivity contribution is 5.69. The van der Waals surface area contributed by atoms with Gasteiger partial charge in [0.1, 0.15) is 0 Å². The SMILES string of the molecule is CCOC(=O)CCNCC1(C)CCCC1. The van der Waals surface area contributed by atoms with E-state index in [1.54, 1.807) is 0 Å². The molecule has 3 heteroatoms. The zero-order valence-corrected chi connectivity index (χ0v) is 9.97. The van der Waals surface area contributed by atoms with E-state index < -0.39 is 0 Å². The molecule has 1 aliphatic carbocycles. The molecule has 1 N–H and O–H groups in total. The molecule has 0 atom stereocenters. The molecule has 0 aromatic rings. The molecule has 1 saturated carbocycles. The summed E-state index contributed by atoms with van der Waals surface area (Å²) in [7, 11) is 0. The van der Waals surface area contributed by atoms with E-state index in [0.29, 0.717) is 18.4 Å². The van der Waals surface area contributed by atoms with Crippen molar-refractivity contribution in [2.24, 2.45) is 5.41 Å². The van der Waals surface area contributed by atoms with Gasteiger partial charge in [-0.1, -0.05) is 19.8 Å². The van der Waals surface area contributed by atoms with Crippen LogP contribution in [0.15, 0.2) is 0 Å². The largest absolute Gasteiger partial charge is 0.466 e. The number of hydrogen-bond donors (Lipinski definition) is 1. The molecule has 0 heterocycles. The Morgan fingerprint density at radius 1 is 1.40 bits per heavy atom. The minimum Gasteiger partial charge on any atom is -0.466 e. The minimum absolute atomic E-state index is 0.0958. The Hall–Kier alpha value is -0.570. The summed E-state index contributed by atoms with van der Waals surface area (Å²) >= 11 is 0. The summed E-state index contributed by atoms with van der Waals surface area (Å²) < 4.78 is 4.86. The van der Waals surface area contributed by atoms with E-state index in [1.165, 1.54) is 25.7 Å². The molecule has 15 heavy (non-hydrogen) atoms. The highest BCUT2D eigenvalue weighted by Gasteiger charge is 2.27. The van der Waals surface area contributed by atoms with E-state index in [-0.39, 0.29) is 5.97 Å². The third-order valence-electron chi connectivity index (χ3n) is 3.17. The fourth-order valence-electron chi connectivity index (χ4n) is 2.22. The van der Waals surface area contributed by atoms with Crippen LogP contribution in [0.25, 0.3) is 0 Å². The zero-order valence-electron chi connectivity index (χ0n) is 9.97. The van der Waals surface area contributed by atoms with Crippen molar-refractivity contribution in [1.82, 2.24) is 5.32 Å². The van der Waals surface area contributed by atoms with Crippen LogP contribution >= 0.6 is 0 Å². The van der Waals surface area contributed by atoms with Crippen LogP contribution in [0.4, 0.5) is 0 Å². The average molecular weight is 213 g/mol. The van der Waals surface area contributed by atoms with Crippen molar-refractivity contribution >= 4 is 5.97 Å². The van der Waals surface area contributed by atoms with Crippen LogP contribution in [0.5, 0.6) is 0 Å². The van der Waals surface area contributed by atoms with Crippen LogP contribution in [-0.4, -0.2) is 25.7 Å². The Morgan fingerprint density at radius 2 is 2.07 bits per heavy atom. The van der Waals surface area contributed by atoms with Crippen LogP contribution in [0.3, 0.4) is 0 Å². The Morgan fingerprint density at radius 3 is 2.67 bits per heavy atom. The lowest BCUT2D eigenvalue weighted by Crippen LogP contribution is -2.31. The number of carbonyl (C=O) groups excluding carboxylic acids is 1. The van der Waals surface area contributed by atoms with Crippen LogP contribution in [0.2, 0.25) is 0 Å². The van der Waals surface area contributed by atoms with Crippen molar-refractivity contribution in [3.05, 3.63) is 0 Å². The summed E-state index contributed by atoms with van der Waals surface area (Å²) in [6, 6.07) is 0. The Bertz CT molecular complexity index is 198. The fraction of sp³-hybridized carbons (Fsp3) is 0.917. The second-order valence-corrected chi connectivity index (χ2v) is 4.75. The van der Waals surface area contributed by atoms with Crippen LogP contribution in [0, 0.1) is 5.41 Å². The first kappa shape index (κ1) is 12.5. The van der Waals surface area contributed by atoms with Gasteiger partial charge in [0.15, 0.2) is 0 Å². The number of rotatable bonds is 6. The molecule has 0 aliphatic heterocycles. The van der Waals surface area contributed by atoms with Crippen molar-refractivity contribution in [2.75, 3.05) is 19.7 Å². The predicted molar refractivity (Wildman–Crippen MR) is 60.7 cm³/mol. The van der Waals surface area contributed by atoms with Gasteiger partial charge in [-0.2, -0.15) is 0 Å². The second kappa shape index (κ2) is 6.11. The number of ether oxygens (including phenoxy) is 1. The topological polar surface area (TPSA) is 38.3 Å². The molecular formula is C12H23NO2. The molecule has 1 aliphatic rings. The van der Waals surface area contributed by atoms with Gasteiger partial charge in [-0.05, 0) is 25.2 Å². The maximum absolute atomic E-state index is 11.1. The van der Waals surface area contributed by atoms with Gasteiger partial charge in [0, 0.05) is 13.1 Å². The number of hydrogen-bond acceptors (Lipinski definition) is 3. The first-order chi connectivity index (χ1) is 7.16. The summed E-state index contributed by atoms with van der Waals surface area (Å²) in [4.78, 5) is 11.1. The molecule has 0 aromatic carbocycles. The molecule has 0 unspecified atom stereocenters. The van der Waals surface area contributed by atoms with E-state index in [1.807, 2.05) is 6.92 Å². The Labute approximate surface area is 92.6 Å². The Balaban J connectivity index is 2.03. The summed E-state index contributed by atoms with van der Waals surface area (Å²) in [5.41, 5.74) is 0.467. The maximum atomic E-state index is 11.1. The molecule has 1 fully saturated rings. The lowest BCUT2D eigenvalue weighted by Gasteiger charge is -2.23. The normalized spacial score (nSPS) is 19.1. The van der Waals surface area contributed by atoms with Gasteiger partial charge in [-0.3, -0.25) is 4.79 Å². The maximum Gasteiger partial charge on any atom is 0.307 e. The number of nitrogens with one attached hydrogen (secondary N) is 1. The first-order valence-electron chi connectivity index (χ1n) is 6.03. The highest BCUT2D eigenvalue weighted by Crippen LogP contribution is 2.36. The lowest BCUT2D eigenvalue weighted by atomic mass is 9.89. The Kier molecular flexibility index (Phi) is 5.09. The molecule has 0 amide bonds. The van der Waals surface area contributed by atoms with E-state index in [0.717, 1.165) is 13.1 Å². The average Bonchev–Trinajstić information content (AvgIpc) is 2.61. The first-order valence-corrected chi connectivity index (χ1v) is 6.03. The van der Waals surface area contributed by atoms with E-state index in [4.69, 9.17) is 4.74 Å². The third kappa shape index (κ3) is 4.65. The molecule has 0 aromatic heterocycles. The fourth-order valence-corrected chi connectivity index (χ4v) is 2.22. The van der Waals surface area contributed by atoms with Gasteiger partial charge in [-0.25, -0.2) is 0 Å². The molecule has 1 rings (SSSR count). The molecule has 88 valence electrons. The van der Waals surface area contributed by atoms with Gasteiger partial charge in [-0.15, -0.1) is 0 Å². The number of esters is 1. The van der Waals surface area contributed by atoms with Gasteiger partial charge in [0.05, 0.1) is 13.0 Å². The van der Waals surface area contributed by atoms with Crippen LogP contribution < -0.4 is 5.32 Å². The number of carbonyl (C=O) groups is 1. The van der Waals surface area contributed by atoms with Crippen LogP contribution in [-0.2, 0) is 9.53 Å². The quantitative estimate of drug-likeness (QED) is 0.542. The van der Waals surface area contributed by atoms with Crippen molar-refractivity contribution < 1.29 is 9.53 Å². The van der Waals surface area contributed by atoms with Crippen molar-refractivity contribution in [2.45, 2.75) is 46.0 Å². The summed E-state index contributed by atoms with van der Waals surface area (Å²) in [5, 5.41) is 3.36. The van der Waals surface area contributed by atoms with E-state index in [2.05, 4.69) is 12.2 Å². The molecule has 0 radical (unpaired) electrons. The summed E-state index contributed by atoms with van der Waals surface area (Å²) in [6.45, 7) is 6.43. The molecular weight excluding hydrogens is 190 g/mol. The molecule has 3 nitrogen and oxygen atoms in total. The van der Waals surface area contributed by atoms with Crippen molar-refractivity contribution in [3.8, 4) is 0 Å². The van der Waals surface area contributed by atoms with E-state index >= 15 is 0 Å². The van der Waals surface area contributed by atoms with Gasteiger partial charge < -0.3 is 10.1 Å². The smallest absolute Gasteiger partial charge is 0.307 e. The predicted octanol–water partition coefficient (Wildman–Crippen LogP) is 2.11. The molecule has 0 saturated heterocycles. The van der Waals surface area contributed by atoms with Crippen LogP contribution in [0.1, 0.15) is 46.0 Å². The second-order valence-electron chi connectivity index (χ2n) is 4.75. The molecule has 0 spiro atoms. The zero-order chi connectivity index (χ0) is 11.1. The third-order valence-corrected chi connectivity index (χ3v) is 3.17. The van der Waals surface area contributed by atoms with Crippen molar-refractivity contribution in [1.29, 1.82) is 0 Å². The monoisotopic (exact) mass is 213 g/mol. The standard InChI is InChI=1S/C12H23NO2/c1-3-15-11(14)6-9-13-10-12(2)7-4-5-8-12/h13H,3-10H2,1-2H3.